The number of carboxylic acids is 3. The molecule has 132 valence electrons. The number of rotatable bonds is 0. The van der Waals surface area contributed by atoms with Crippen LogP contribution in [0.5, 0.6) is 0 Å². The average Bonchev–Trinajstić information content (AvgIpc) is 2.14. The third-order valence-electron chi connectivity index (χ3n) is 0.728. The fourth-order valence-corrected chi connectivity index (χ4v) is 0. The van der Waals surface area contributed by atoms with Crippen molar-refractivity contribution in [3.63, 3.8) is 0 Å². The molecule has 0 spiro atoms. The first-order chi connectivity index (χ1) is 8.83. The van der Waals surface area contributed by atoms with Crippen molar-refractivity contribution in [2.45, 2.75) is 18.5 Å². The summed E-state index contributed by atoms with van der Waals surface area (Å²) in [5.74, 6) is -8.27. The summed E-state index contributed by atoms with van der Waals surface area (Å²) in [6.45, 7) is 0. The fraction of sp³-hybridized carbons (Fsp3) is 0.500. The molecule has 0 rings (SSSR count). The van der Waals surface area contributed by atoms with Crippen molar-refractivity contribution < 1.29 is 86.6 Å². The number of alkyl halides is 9. The van der Waals surface area contributed by atoms with Gasteiger partial charge in [-0.2, -0.15) is 39.5 Å². The van der Waals surface area contributed by atoms with Gasteiger partial charge in [0, 0.05) is 17.4 Å². The number of aliphatic carboxylic acids is 3. The van der Waals surface area contributed by atoms with E-state index < -0.39 is 36.4 Å². The van der Waals surface area contributed by atoms with Gasteiger partial charge in [0.1, 0.15) is 0 Å². The van der Waals surface area contributed by atoms with E-state index in [-0.39, 0.29) is 17.4 Å². The van der Waals surface area contributed by atoms with Gasteiger partial charge in [0.25, 0.3) is 0 Å². The minimum Gasteiger partial charge on any atom is -0.475 e. The maximum atomic E-state index is 10.6. The molecule has 0 unspecified atom stereocenters. The molecule has 22 heavy (non-hydrogen) atoms. The van der Waals surface area contributed by atoms with Crippen LogP contribution >= 0.6 is 0 Å². The van der Waals surface area contributed by atoms with Crippen molar-refractivity contribution in [2.24, 2.45) is 0 Å². The van der Waals surface area contributed by atoms with Gasteiger partial charge in [0.15, 0.2) is 0 Å². The van der Waals surface area contributed by atoms with E-state index in [1.54, 1.807) is 0 Å². The Morgan fingerprint density at radius 2 is 0.545 bits per heavy atom. The zero-order valence-corrected chi connectivity index (χ0v) is 10.7. The minimum atomic E-state index is -5.08. The molecular weight excluding hydrogens is 391 g/mol. The predicted octanol–water partition coefficient (Wildman–Crippen LogP) is 1.90. The zero-order chi connectivity index (χ0) is 18.2. The quantitative estimate of drug-likeness (QED) is 0.542. The van der Waals surface area contributed by atoms with Gasteiger partial charge >= 0.3 is 36.4 Å². The Balaban J connectivity index is -0.000000108. The van der Waals surface area contributed by atoms with Crippen molar-refractivity contribution in [1.29, 1.82) is 0 Å². The van der Waals surface area contributed by atoms with Gasteiger partial charge < -0.3 is 15.3 Å². The monoisotopic (exact) mass is 394 g/mol. The van der Waals surface area contributed by atoms with Gasteiger partial charge in [0.05, 0.1) is 0 Å². The standard InChI is InChI=1S/3C2HF3O2.Cr/c3*3-2(4,5)1(6)7;/h3*(H,6,7);. The third kappa shape index (κ3) is 20.6. The van der Waals surface area contributed by atoms with Gasteiger partial charge in [-0.1, -0.05) is 0 Å². The summed E-state index contributed by atoms with van der Waals surface area (Å²) < 4.78 is 95.2. The molecule has 6 nitrogen and oxygen atoms in total. The number of hydrogen-bond donors (Lipinski definition) is 3. The van der Waals surface area contributed by atoms with Gasteiger partial charge in [0.2, 0.25) is 0 Å². The molecule has 0 aromatic carbocycles. The first-order valence-electron chi connectivity index (χ1n) is 3.73. The van der Waals surface area contributed by atoms with Crippen LogP contribution in [0, 0.1) is 0 Å². The van der Waals surface area contributed by atoms with Crippen molar-refractivity contribution in [1.82, 2.24) is 0 Å². The molecule has 0 saturated heterocycles. The Morgan fingerprint density at radius 3 is 0.545 bits per heavy atom. The largest absolute Gasteiger partial charge is 0.490 e. The van der Waals surface area contributed by atoms with Crippen LogP contribution in [0.3, 0.4) is 0 Å². The topological polar surface area (TPSA) is 112 Å². The molecule has 0 atom stereocenters. The Bertz CT molecular complexity index is 313. The Morgan fingerprint density at radius 1 is 0.500 bits per heavy atom. The Labute approximate surface area is 124 Å². The van der Waals surface area contributed by atoms with Crippen LogP contribution in [0.4, 0.5) is 39.5 Å². The van der Waals surface area contributed by atoms with Crippen molar-refractivity contribution >= 4 is 17.9 Å². The normalized spacial score (nSPS) is 10.8. The van der Waals surface area contributed by atoms with E-state index in [2.05, 4.69) is 0 Å². The second kappa shape index (κ2) is 10.1. The molecule has 0 fully saturated rings. The average molecular weight is 394 g/mol. The number of carbonyl (C=O) groups is 3. The molecule has 16 heteroatoms. The van der Waals surface area contributed by atoms with Gasteiger partial charge in [-0.05, 0) is 0 Å². The smallest absolute Gasteiger partial charge is 0.475 e. The molecule has 0 amide bonds. The van der Waals surface area contributed by atoms with Crippen LogP contribution in [-0.4, -0.2) is 51.8 Å². The molecule has 0 heterocycles. The first-order valence-corrected chi connectivity index (χ1v) is 3.73. The SMILES string of the molecule is O=C(O)C(F)(F)F.O=C(O)C(F)(F)F.O=C(O)C(F)(F)F.[Cr]. The molecule has 0 aliphatic carbocycles. The summed E-state index contributed by atoms with van der Waals surface area (Å²) in [5.41, 5.74) is 0. The van der Waals surface area contributed by atoms with Crippen LogP contribution in [-0.2, 0) is 31.7 Å². The van der Waals surface area contributed by atoms with Crippen LogP contribution in [0.2, 0.25) is 0 Å². The molecule has 3 N–H and O–H groups in total. The Kier molecular flexibility index (Phi) is 13.1. The number of carboxylic acid groups (broad SMARTS) is 3. The van der Waals surface area contributed by atoms with Crippen LogP contribution in [0.25, 0.3) is 0 Å². The zero-order valence-electron chi connectivity index (χ0n) is 9.38. The maximum absolute atomic E-state index is 10.6. The molecule has 0 radical (unpaired) electrons. The molecule has 0 aromatic heterocycles. The number of hydrogen-bond acceptors (Lipinski definition) is 3. The van der Waals surface area contributed by atoms with E-state index in [1.807, 2.05) is 0 Å². The first kappa shape index (κ1) is 28.5. The molecular formula is C6H3CrF9O6. The molecule has 0 aliphatic rings. The molecule has 0 bridgehead atoms. The van der Waals surface area contributed by atoms with Crippen LogP contribution < -0.4 is 0 Å². The number of halogens is 9. The van der Waals surface area contributed by atoms with E-state index in [9.17, 15) is 39.5 Å². The van der Waals surface area contributed by atoms with Gasteiger partial charge in [-0.25, -0.2) is 14.4 Å². The van der Waals surface area contributed by atoms with E-state index in [1.165, 1.54) is 0 Å². The second-order valence-electron chi connectivity index (χ2n) is 2.41. The van der Waals surface area contributed by atoms with Crippen molar-refractivity contribution in [2.75, 3.05) is 0 Å². The fourth-order valence-electron chi connectivity index (χ4n) is 0. The minimum absolute atomic E-state index is 0. The Hall–Kier alpha value is -1.69. The maximum Gasteiger partial charge on any atom is 0.490 e. The van der Waals surface area contributed by atoms with Crippen molar-refractivity contribution in [3.8, 4) is 0 Å². The second-order valence-corrected chi connectivity index (χ2v) is 2.41. The van der Waals surface area contributed by atoms with E-state index >= 15 is 0 Å². The third-order valence-corrected chi connectivity index (χ3v) is 0.728. The van der Waals surface area contributed by atoms with E-state index in [0.717, 1.165) is 0 Å². The van der Waals surface area contributed by atoms with Crippen molar-refractivity contribution in [3.05, 3.63) is 0 Å². The summed E-state index contributed by atoms with van der Waals surface area (Å²) >= 11 is 0. The van der Waals surface area contributed by atoms with Gasteiger partial charge in [-0.3, -0.25) is 0 Å². The summed E-state index contributed by atoms with van der Waals surface area (Å²) in [5, 5.41) is 21.4. The van der Waals surface area contributed by atoms with Crippen LogP contribution in [0.1, 0.15) is 0 Å². The molecule has 0 saturated carbocycles. The summed E-state index contributed by atoms with van der Waals surface area (Å²) in [6, 6.07) is 0. The molecule has 0 aliphatic heterocycles. The van der Waals surface area contributed by atoms with E-state index in [4.69, 9.17) is 29.7 Å². The summed E-state index contributed by atoms with van der Waals surface area (Å²) in [4.78, 5) is 26.7. The van der Waals surface area contributed by atoms with Crippen LogP contribution in [0.15, 0.2) is 0 Å². The summed E-state index contributed by atoms with van der Waals surface area (Å²) in [7, 11) is 0. The van der Waals surface area contributed by atoms with Gasteiger partial charge in [-0.15, -0.1) is 0 Å². The predicted molar refractivity (Wildman–Crippen MR) is 41.1 cm³/mol. The van der Waals surface area contributed by atoms with E-state index in [0.29, 0.717) is 0 Å². The summed E-state index contributed by atoms with van der Waals surface area (Å²) in [6.07, 6.45) is -15.3. The molecule has 0 aromatic rings.